The number of hydrazine groups is 1. The van der Waals surface area contributed by atoms with Gasteiger partial charge in [0.2, 0.25) is 15.7 Å². The van der Waals surface area contributed by atoms with E-state index >= 15 is 0 Å². The lowest BCUT2D eigenvalue weighted by Gasteiger charge is -2.32. The van der Waals surface area contributed by atoms with Crippen LogP contribution in [-0.2, 0) is 3.79 Å². The van der Waals surface area contributed by atoms with Crippen LogP contribution in [0.15, 0.2) is 0 Å². The topological polar surface area (TPSA) is 83.2 Å². The molecule has 0 radical (unpaired) electrons. The predicted molar refractivity (Wildman–Crippen MR) is 76.6 cm³/mol. The molecule has 1 aliphatic heterocycles. The minimum Gasteiger partial charge on any atom is -0.338 e. The number of nitrogens with one attached hydrogen (secondary N) is 1. The zero-order valence-electron chi connectivity index (χ0n) is 10.3. The molecule has 0 bridgehead atoms. The SMILES string of the molecule is CN1CCN(c2nc(NN)nc(C(Cl)(Cl)Cl)n2)CC1. The van der Waals surface area contributed by atoms with Gasteiger partial charge in [0.05, 0.1) is 0 Å². The van der Waals surface area contributed by atoms with Crippen LogP contribution in [0.3, 0.4) is 0 Å². The summed E-state index contributed by atoms with van der Waals surface area (Å²) in [6.07, 6.45) is 0. The van der Waals surface area contributed by atoms with E-state index in [0.29, 0.717) is 5.95 Å². The molecule has 1 saturated heterocycles. The molecule has 1 aromatic heterocycles. The molecule has 0 spiro atoms. The lowest BCUT2D eigenvalue weighted by atomic mass is 10.3. The summed E-state index contributed by atoms with van der Waals surface area (Å²) in [4.78, 5) is 16.5. The minimum absolute atomic E-state index is 0.0504. The summed E-state index contributed by atoms with van der Waals surface area (Å²) in [7, 11) is 2.06. The van der Waals surface area contributed by atoms with Gasteiger partial charge in [-0.1, -0.05) is 34.8 Å². The first-order valence-electron chi connectivity index (χ1n) is 5.63. The number of nitrogens with zero attached hydrogens (tertiary/aromatic N) is 5. The fraction of sp³-hybridized carbons (Fsp3) is 0.667. The van der Waals surface area contributed by atoms with E-state index in [9.17, 15) is 0 Å². The van der Waals surface area contributed by atoms with Gasteiger partial charge in [0.25, 0.3) is 0 Å². The van der Waals surface area contributed by atoms with Gasteiger partial charge in [0.1, 0.15) is 0 Å². The molecule has 1 aromatic rings. The molecule has 0 amide bonds. The Kier molecular flexibility index (Phi) is 4.52. The highest BCUT2D eigenvalue weighted by atomic mass is 35.6. The molecule has 2 heterocycles. The Labute approximate surface area is 126 Å². The van der Waals surface area contributed by atoms with Gasteiger partial charge in [0, 0.05) is 26.2 Å². The van der Waals surface area contributed by atoms with Crippen molar-refractivity contribution in [2.45, 2.75) is 3.79 Å². The molecule has 1 fully saturated rings. The van der Waals surface area contributed by atoms with Gasteiger partial charge in [-0.25, -0.2) is 5.84 Å². The normalized spacial score (nSPS) is 17.6. The lowest BCUT2D eigenvalue weighted by molar-refractivity contribution is 0.311. The molecule has 106 valence electrons. The van der Waals surface area contributed by atoms with Crippen LogP contribution in [0.5, 0.6) is 0 Å². The van der Waals surface area contributed by atoms with Crippen LogP contribution < -0.4 is 16.2 Å². The Bertz CT molecular complexity index is 442. The molecule has 2 rings (SSSR count). The number of alkyl halides is 3. The third-order valence-corrected chi connectivity index (χ3v) is 3.30. The summed E-state index contributed by atoms with van der Waals surface area (Å²) in [5.41, 5.74) is 2.35. The number of likely N-dealkylation sites (N-methyl/N-ethyl adjacent to an activating group) is 1. The van der Waals surface area contributed by atoms with Gasteiger partial charge >= 0.3 is 0 Å². The number of halogens is 3. The Morgan fingerprint density at radius 1 is 1.11 bits per heavy atom. The third kappa shape index (κ3) is 3.70. The highest BCUT2D eigenvalue weighted by Gasteiger charge is 2.29. The third-order valence-electron chi connectivity index (χ3n) is 2.79. The molecule has 0 unspecified atom stereocenters. The average Bonchev–Trinajstić information content (AvgIpc) is 2.38. The first-order chi connectivity index (χ1) is 8.90. The van der Waals surface area contributed by atoms with Crippen molar-refractivity contribution in [3.8, 4) is 0 Å². The summed E-state index contributed by atoms with van der Waals surface area (Å²) in [5, 5.41) is 0. The largest absolute Gasteiger partial charge is 0.338 e. The second-order valence-corrected chi connectivity index (χ2v) is 6.50. The number of piperazine rings is 1. The maximum atomic E-state index is 5.80. The number of aromatic nitrogens is 3. The van der Waals surface area contributed by atoms with E-state index in [1.807, 2.05) is 4.90 Å². The van der Waals surface area contributed by atoms with Gasteiger partial charge in [-0.05, 0) is 7.05 Å². The van der Waals surface area contributed by atoms with Crippen molar-refractivity contribution in [1.29, 1.82) is 0 Å². The second-order valence-electron chi connectivity index (χ2n) is 4.22. The summed E-state index contributed by atoms with van der Waals surface area (Å²) >= 11 is 17.4. The van der Waals surface area contributed by atoms with Gasteiger partial charge in [-0.3, -0.25) is 5.43 Å². The molecule has 0 atom stereocenters. The van der Waals surface area contributed by atoms with E-state index < -0.39 is 3.79 Å². The first kappa shape index (κ1) is 14.8. The molecule has 10 heteroatoms. The van der Waals surface area contributed by atoms with Crippen molar-refractivity contribution >= 4 is 46.7 Å². The Hall–Kier alpha value is -0.600. The zero-order valence-corrected chi connectivity index (χ0v) is 12.5. The van der Waals surface area contributed by atoms with Crippen LogP contribution in [0.2, 0.25) is 0 Å². The molecular formula is C9H14Cl3N7. The van der Waals surface area contributed by atoms with Crippen molar-refractivity contribution in [3.05, 3.63) is 5.82 Å². The van der Waals surface area contributed by atoms with Crippen LogP contribution in [0.4, 0.5) is 11.9 Å². The second kappa shape index (κ2) is 5.80. The molecule has 0 aliphatic carbocycles. The van der Waals surface area contributed by atoms with Crippen LogP contribution in [0.25, 0.3) is 0 Å². The standard InChI is InChI=1S/C9H14Cl3N7/c1-18-2-4-19(5-3-18)8-15-6(9(10,11)12)14-7(16-8)17-13/h2-5,13H2,1H3,(H,14,15,16,17). The van der Waals surface area contributed by atoms with E-state index in [4.69, 9.17) is 40.6 Å². The number of anilines is 2. The predicted octanol–water partition coefficient (Wildman–Crippen LogP) is 0.736. The van der Waals surface area contributed by atoms with Gasteiger partial charge in [-0.15, -0.1) is 0 Å². The molecule has 19 heavy (non-hydrogen) atoms. The fourth-order valence-corrected chi connectivity index (χ4v) is 1.96. The quantitative estimate of drug-likeness (QED) is 0.471. The summed E-state index contributed by atoms with van der Waals surface area (Å²) in [6, 6.07) is 0. The molecule has 0 aromatic carbocycles. The van der Waals surface area contributed by atoms with Crippen LogP contribution in [0, 0.1) is 0 Å². The maximum Gasteiger partial charge on any atom is 0.250 e. The zero-order chi connectivity index (χ0) is 14.0. The maximum absolute atomic E-state index is 5.80. The number of hydrogen-bond acceptors (Lipinski definition) is 7. The van der Waals surface area contributed by atoms with Crippen molar-refractivity contribution in [3.63, 3.8) is 0 Å². The molecular weight excluding hydrogens is 313 g/mol. The fourth-order valence-electron chi connectivity index (χ4n) is 1.70. The smallest absolute Gasteiger partial charge is 0.250 e. The van der Waals surface area contributed by atoms with E-state index in [1.54, 1.807) is 0 Å². The number of nitrogens with two attached hydrogens (primary N) is 1. The Morgan fingerprint density at radius 2 is 1.74 bits per heavy atom. The van der Waals surface area contributed by atoms with E-state index in [0.717, 1.165) is 26.2 Å². The van der Waals surface area contributed by atoms with E-state index in [-0.39, 0.29) is 11.8 Å². The molecule has 3 N–H and O–H groups in total. The van der Waals surface area contributed by atoms with Gasteiger partial charge in [0.15, 0.2) is 5.82 Å². The highest BCUT2D eigenvalue weighted by molar-refractivity contribution is 6.66. The summed E-state index contributed by atoms with van der Waals surface area (Å²) < 4.78 is -1.71. The molecule has 1 aliphatic rings. The monoisotopic (exact) mass is 325 g/mol. The van der Waals surface area contributed by atoms with Crippen LogP contribution in [-0.4, -0.2) is 53.1 Å². The average molecular weight is 327 g/mol. The Morgan fingerprint density at radius 3 is 2.26 bits per heavy atom. The summed E-state index contributed by atoms with van der Waals surface area (Å²) in [5.74, 6) is 6.00. The van der Waals surface area contributed by atoms with Crippen molar-refractivity contribution < 1.29 is 0 Å². The highest BCUT2D eigenvalue weighted by Crippen LogP contribution is 2.36. The van der Waals surface area contributed by atoms with Crippen LogP contribution >= 0.6 is 34.8 Å². The van der Waals surface area contributed by atoms with Crippen LogP contribution in [0.1, 0.15) is 5.82 Å². The number of nitrogen functional groups attached to an aromatic ring is 1. The van der Waals surface area contributed by atoms with Gasteiger partial charge in [-0.2, -0.15) is 15.0 Å². The Balaban J connectivity index is 2.29. The van der Waals surface area contributed by atoms with E-state index in [2.05, 4.69) is 32.3 Å². The van der Waals surface area contributed by atoms with Gasteiger partial charge < -0.3 is 9.80 Å². The lowest BCUT2D eigenvalue weighted by Crippen LogP contribution is -2.45. The minimum atomic E-state index is -1.71. The first-order valence-corrected chi connectivity index (χ1v) is 6.77. The number of hydrogen-bond donors (Lipinski definition) is 2. The molecule has 0 saturated carbocycles. The van der Waals surface area contributed by atoms with Crippen molar-refractivity contribution in [2.24, 2.45) is 5.84 Å². The van der Waals surface area contributed by atoms with Crippen molar-refractivity contribution in [2.75, 3.05) is 43.6 Å². The number of rotatable bonds is 2. The van der Waals surface area contributed by atoms with Crippen molar-refractivity contribution in [1.82, 2.24) is 19.9 Å². The summed E-state index contributed by atoms with van der Waals surface area (Å²) in [6.45, 7) is 3.42. The molecule has 7 nitrogen and oxygen atoms in total. The van der Waals surface area contributed by atoms with E-state index in [1.165, 1.54) is 0 Å².